The molecule has 2 aromatic carbocycles. The molecule has 0 saturated heterocycles. The van der Waals surface area contributed by atoms with E-state index in [1.165, 1.54) is 22.3 Å². The summed E-state index contributed by atoms with van der Waals surface area (Å²) >= 11 is 0. The third-order valence-electron chi connectivity index (χ3n) is 3.26. The third-order valence-corrected chi connectivity index (χ3v) is 3.26. The van der Waals surface area contributed by atoms with Gasteiger partial charge in [-0.25, -0.2) is 0 Å². The smallest absolute Gasteiger partial charge is 0.119 e. The van der Waals surface area contributed by atoms with E-state index in [0.717, 1.165) is 18.8 Å². The van der Waals surface area contributed by atoms with E-state index < -0.39 is 0 Å². The minimum absolute atomic E-state index is 0.897. The van der Waals surface area contributed by atoms with Gasteiger partial charge in [-0.3, -0.25) is 0 Å². The average Bonchev–Trinajstić information content (AvgIpc) is 2.46. The predicted molar refractivity (Wildman–Crippen MR) is 80.5 cm³/mol. The molecular weight excluding hydrogens is 234 g/mol. The van der Waals surface area contributed by atoms with Gasteiger partial charge in [-0.05, 0) is 53.9 Å². The number of aryl methyl sites for hydroxylation is 1. The highest BCUT2D eigenvalue weighted by Gasteiger charge is 2.04. The van der Waals surface area contributed by atoms with Crippen molar-refractivity contribution in [3.05, 3.63) is 53.6 Å². The van der Waals surface area contributed by atoms with Crippen molar-refractivity contribution in [2.75, 3.05) is 13.7 Å². The van der Waals surface area contributed by atoms with Gasteiger partial charge in [0.15, 0.2) is 0 Å². The van der Waals surface area contributed by atoms with Crippen molar-refractivity contribution >= 4 is 0 Å². The fourth-order valence-corrected chi connectivity index (χ4v) is 2.15. The molecule has 0 atom stereocenters. The lowest BCUT2D eigenvalue weighted by atomic mass is 9.98. The maximum Gasteiger partial charge on any atom is 0.119 e. The maximum absolute atomic E-state index is 5.30. The fourth-order valence-electron chi connectivity index (χ4n) is 2.15. The number of methoxy groups -OCH3 is 1. The van der Waals surface area contributed by atoms with Gasteiger partial charge in [0.2, 0.25) is 0 Å². The largest absolute Gasteiger partial charge is 0.497 e. The van der Waals surface area contributed by atoms with Gasteiger partial charge in [-0.1, -0.05) is 31.2 Å². The minimum Gasteiger partial charge on any atom is -0.497 e. The summed E-state index contributed by atoms with van der Waals surface area (Å²) in [6.45, 7) is 6.17. The van der Waals surface area contributed by atoms with Crippen LogP contribution >= 0.6 is 0 Å². The van der Waals surface area contributed by atoms with Crippen LogP contribution in [-0.2, 0) is 6.54 Å². The van der Waals surface area contributed by atoms with Gasteiger partial charge in [-0.2, -0.15) is 0 Å². The van der Waals surface area contributed by atoms with Gasteiger partial charge in [-0.15, -0.1) is 0 Å². The molecule has 0 amide bonds. The quantitative estimate of drug-likeness (QED) is 0.878. The van der Waals surface area contributed by atoms with E-state index in [-0.39, 0.29) is 0 Å². The summed E-state index contributed by atoms with van der Waals surface area (Å²) in [5, 5.41) is 3.36. The number of nitrogens with one attached hydrogen (secondary N) is 1. The molecule has 2 heteroatoms. The lowest BCUT2D eigenvalue weighted by molar-refractivity contribution is 0.415. The second-order valence-electron chi connectivity index (χ2n) is 4.66. The van der Waals surface area contributed by atoms with E-state index >= 15 is 0 Å². The summed E-state index contributed by atoms with van der Waals surface area (Å²) in [5.41, 5.74) is 5.07. The van der Waals surface area contributed by atoms with Crippen LogP contribution in [0.25, 0.3) is 11.1 Å². The summed E-state index contributed by atoms with van der Waals surface area (Å²) < 4.78 is 5.30. The third kappa shape index (κ3) is 3.36. The number of ether oxygens (including phenoxy) is 1. The van der Waals surface area contributed by atoms with Crippen molar-refractivity contribution < 1.29 is 4.74 Å². The molecular formula is C17H21NO. The lowest BCUT2D eigenvalue weighted by Gasteiger charge is -2.11. The normalized spacial score (nSPS) is 10.5. The van der Waals surface area contributed by atoms with Crippen LogP contribution in [0.15, 0.2) is 42.5 Å². The Morgan fingerprint density at radius 1 is 1.11 bits per heavy atom. The molecule has 0 aliphatic carbocycles. The molecule has 2 nitrogen and oxygen atoms in total. The van der Waals surface area contributed by atoms with E-state index in [9.17, 15) is 0 Å². The Bertz CT molecular complexity index is 549. The van der Waals surface area contributed by atoms with Crippen LogP contribution in [0.5, 0.6) is 5.75 Å². The number of benzene rings is 2. The summed E-state index contributed by atoms with van der Waals surface area (Å²) in [6.07, 6.45) is 0. The van der Waals surface area contributed by atoms with E-state index in [0.29, 0.717) is 0 Å². The molecule has 0 aliphatic heterocycles. The van der Waals surface area contributed by atoms with Gasteiger partial charge >= 0.3 is 0 Å². The van der Waals surface area contributed by atoms with Crippen molar-refractivity contribution in [3.63, 3.8) is 0 Å². The van der Waals surface area contributed by atoms with E-state index in [4.69, 9.17) is 4.74 Å². The minimum atomic E-state index is 0.897. The Labute approximate surface area is 115 Å². The molecule has 0 unspecified atom stereocenters. The SMILES string of the molecule is CCNCc1ccc(C)c(-c2cccc(OC)c2)c1. The van der Waals surface area contributed by atoms with Crippen LogP contribution in [0.3, 0.4) is 0 Å². The Morgan fingerprint density at radius 2 is 1.95 bits per heavy atom. The topological polar surface area (TPSA) is 21.3 Å². The van der Waals surface area contributed by atoms with Crippen molar-refractivity contribution in [1.29, 1.82) is 0 Å². The lowest BCUT2D eigenvalue weighted by Crippen LogP contribution is -2.11. The first-order chi connectivity index (χ1) is 9.24. The van der Waals surface area contributed by atoms with E-state index in [1.807, 2.05) is 12.1 Å². The standard InChI is InChI=1S/C17H21NO/c1-4-18-12-14-9-8-13(2)17(10-14)15-6-5-7-16(11-15)19-3/h5-11,18H,4,12H2,1-3H3. The Balaban J connectivity index is 2.36. The van der Waals surface area contributed by atoms with Gasteiger partial charge in [0, 0.05) is 6.54 Å². The van der Waals surface area contributed by atoms with Crippen LogP contribution in [0, 0.1) is 6.92 Å². The average molecular weight is 255 g/mol. The van der Waals surface area contributed by atoms with Crippen molar-refractivity contribution in [3.8, 4) is 16.9 Å². The number of rotatable bonds is 5. The molecule has 100 valence electrons. The predicted octanol–water partition coefficient (Wildman–Crippen LogP) is 3.78. The molecule has 0 aromatic heterocycles. The monoisotopic (exact) mass is 255 g/mol. The zero-order chi connectivity index (χ0) is 13.7. The van der Waals surface area contributed by atoms with Crippen molar-refractivity contribution in [1.82, 2.24) is 5.32 Å². The summed E-state index contributed by atoms with van der Waals surface area (Å²) in [4.78, 5) is 0. The first-order valence-corrected chi connectivity index (χ1v) is 6.69. The van der Waals surface area contributed by atoms with Gasteiger partial charge in [0.05, 0.1) is 7.11 Å². The maximum atomic E-state index is 5.30. The first kappa shape index (κ1) is 13.6. The van der Waals surface area contributed by atoms with Crippen LogP contribution in [0.2, 0.25) is 0 Å². The highest BCUT2D eigenvalue weighted by Crippen LogP contribution is 2.27. The first-order valence-electron chi connectivity index (χ1n) is 6.69. The van der Waals surface area contributed by atoms with Crippen LogP contribution < -0.4 is 10.1 Å². The molecule has 2 aromatic rings. The molecule has 19 heavy (non-hydrogen) atoms. The molecule has 0 fully saturated rings. The van der Waals surface area contributed by atoms with Gasteiger partial charge in [0.1, 0.15) is 5.75 Å². The zero-order valence-electron chi connectivity index (χ0n) is 11.9. The zero-order valence-corrected chi connectivity index (χ0v) is 11.9. The Morgan fingerprint density at radius 3 is 2.68 bits per heavy atom. The molecule has 0 radical (unpaired) electrons. The molecule has 2 rings (SSSR count). The molecule has 0 spiro atoms. The van der Waals surface area contributed by atoms with E-state index in [1.54, 1.807) is 7.11 Å². The molecule has 1 N–H and O–H groups in total. The van der Waals surface area contributed by atoms with E-state index in [2.05, 4.69) is 49.5 Å². The van der Waals surface area contributed by atoms with Crippen LogP contribution in [0.1, 0.15) is 18.1 Å². The second-order valence-corrected chi connectivity index (χ2v) is 4.66. The highest BCUT2D eigenvalue weighted by atomic mass is 16.5. The van der Waals surface area contributed by atoms with Gasteiger partial charge in [0.25, 0.3) is 0 Å². The molecule has 0 aliphatic rings. The van der Waals surface area contributed by atoms with Crippen molar-refractivity contribution in [2.24, 2.45) is 0 Å². The Kier molecular flexibility index (Phi) is 4.58. The van der Waals surface area contributed by atoms with Crippen LogP contribution in [-0.4, -0.2) is 13.7 Å². The fraction of sp³-hybridized carbons (Fsp3) is 0.294. The van der Waals surface area contributed by atoms with Crippen molar-refractivity contribution in [2.45, 2.75) is 20.4 Å². The second kappa shape index (κ2) is 6.39. The summed E-state index contributed by atoms with van der Waals surface area (Å²) in [6, 6.07) is 14.8. The van der Waals surface area contributed by atoms with Crippen LogP contribution in [0.4, 0.5) is 0 Å². The number of hydrogen-bond acceptors (Lipinski definition) is 2. The molecule has 0 bridgehead atoms. The number of hydrogen-bond donors (Lipinski definition) is 1. The molecule has 0 saturated carbocycles. The van der Waals surface area contributed by atoms with Gasteiger partial charge < -0.3 is 10.1 Å². The summed E-state index contributed by atoms with van der Waals surface area (Å²) in [7, 11) is 1.70. The molecule has 0 heterocycles. The highest BCUT2D eigenvalue weighted by molar-refractivity contribution is 5.69. The Hall–Kier alpha value is -1.80. The summed E-state index contributed by atoms with van der Waals surface area (Å²) in [5.74, 6) is 0.897.